The van der Waals surface area contributed by atoms with Crippen molar-refractivity contribution >= 4 is 110 Å². The molecule has 0 unspecified atom stereocenters. The first-order chi connectivity index (χ1) is 33.7. The number of furan rings is 2. The molecular weight excluding hydrogens is 853 g/mol. The van der Waals surface area contributed by atoms with E-state index < -0.39 is 0 Å². The van der Waals surface area contributed by atoms with Crippen molar-refractivity contribution in [2.24, 2.45) is 0 Å². The highest BCUT2D eigenvalue weighted by Gasteiger charge is 2.31. The van der Waals surface area contributed by atoms with Gasteiger partial charge in [-0.25, -0.2) is 0 Å². The van der Waals surface area contributed by atoms with Gasteiger partial charge >= 0.3 is 0 Å². The van der Waals surface area contributed by atoms with Crippen LogP contribution in [0.2, 0.25) is 0 Å². The summed E-state index contributed by atoms with van der Waals surface area (Å²) in [4.78, 5) is 5.07. The minimum atomic E-state index is 0.238. The first-order valence-electron chi connectivity index (χ1n) is 25.1. The molecule has 12 aromatic rings. The van der Waals surface area contributed by atoms with Crippen LogP contribution < -0.4 is 9.80 Å². The summed E-state index contributed by atoms with van der Waals surface area (Å²) in [5.74, 6) is 0.476. The van der Waals surface area contributed by atoms with Gasteiger partial charge in [0.1, 0.15) is 11.2 Å². The summed E-state index contributed by atoms with van der Waals surface area (Å²) < 4.78 is 14.2. The van der Waals surface area contributed by atoms with Crippen LogP contribution in [0.5, 0.6) is 0 Å². The number of nitrogens with zero attached hydrogens (tertiary/aromatic N) is 2. The van der Waals surface area contributed by atoms with Crippen LogP contribution in [0.4, 0.5) is 34.1 Å². The van der Waals surface area contributed by atoms with Gasteiger partial charge in [-0.2, -0.15) is 0 Å². The van der Waals surface area contributed by atoms with Gasteiger partial charge in [-0.1, -0.05) is 137 Å². The van der Waals surface area contributed by atoms with E-state index in [0.717, 1.165) is 100 Å². The van der Waals surface area contributed by atoms with Crippen molar-refractivity contribution in [3.05, 3.63) is 189 Å². The van der Waals surface area contributed by atoms with Crippen LogP contribution in [0.1, 0.15) is 95.2 Å². The molecule has 0 radical (unpaired) electrons. The number of anilines is 6. The molecule has 0 aliphatic carbocycles. The summed E-state index contributed by atoms with van der Waals surface area (Å²) >= 11 is 0. The van der Waals surface area contributed by atoms with E-state index in [1.165, 1.54) is 65.7 Å². The van der Waals surface area contributed by atoms with E-state index in [-0.39, 0.29) is 11.8 Å². The molecule has 0 aliphatic heterocycles. The van der Waals surface area contributed by atoms with Crippen LogP contribution in [0, 0.1) is 55.4 Å². The second kappa shape index (κ2) is 16.0. The molecule has 0 saturated heterocycles. The minimum absolute atomic E-state index is 0.238. The molecule has 12 rings (SSSR count). The maximum Gasteiger partial charge on any atom is 0.159 e. The van der Waals surface area contributed by atoms with E-state index in [9.17, 15) is 0 Å². The molecule has 0 bridgehead atoms. The normalized spacial score (nSPS) is 12.3. The Morgan fingerprint density at radius 2 is 0.671 bits per heavy atom. The van der Waals surface area contributed by atoms with Gasteiger partial charge in [0.2, 0.25) is 0 Å². The molecule has 10 aromatic carbocycles. The number of aryl methyl sites for hydroxylation is 8. The lowest BCUT2D eigenvalue weighted by molar-refractivity contribution is 0.665. The minimum Gasteiger partial charge on any atom is -0.454 e. The first-order valence-corrected chi connectivity index (χ1v) is 25.1. The number of para-hydroxylation sites is 2. The van der Waals surface area contributed by atoms with Crippen molar-refractivity contribution < 1.29 is 8.83 Å². The lowest BCUT2D eigenvalue weighted by Gasteiger charge is -2.33. The fourth-order valence-electron chi connectivity index (χ4n) is 11.7. The third-order valence-corrected chi connectivity index (χ3v) is 15.4. The standard InChI is InChI=1S/C66H60N2O2/c1-35(2)53-33-57(67(55-31-37(5)19-21-39(55)7)61-41(9)23-25-49-47-17-13-15-43(11)63(47)69-65(49)61)51-30-28-46-54(36(3)4)34-58(52-29-27-45(53)59(51)60(46)52)68(56-32-38(6)20-22-40(56)8)62-42(10)24-26-50-48-18-14-16-44(12)64(48)70-66(50)62/h13-36H,1-12H3. The van der Waals surface area contributed by atoms with Crippen LogP contribution in [-0.2, 0) is 0 Å². The van der Waals surface area contributed by atoms with Gasteiger partial charge in [0.05, 0.1) is 22.7 Å². The van der Waals surface area contributed by atoms with Crippen molar-refractivity contribution in [3.63, 3.8) is 0 Å². The highest BCUT2D eigenvalue weighted by atomic mass is 16.3. The number of rotatable bonds is 8. The second-order valence-electron chi connectivity index (χ2n) is 20.9. The zero-order chi connectivity index (χ0) is 48.6. The van der Waals surface area contributed by atoms with Crippen molar-refractivity contribution in [2.75, 3.05) is 9.80 Å². The zero-order valence-corrected chi connectivity index (χ0v) is 42.6. The van der Waals surface area contributed by atoms with E-state index in [0.29, 0.717) is 0 Å². The van der Waals surface area contributed by atoms with Gasteiger partial charge in [-0.3, -0.25) is 0 Å². The second-order valence-corrected chi connectivity index (χ2v) is 20.9. The zero-order valence-electron chi connectivity index (χ0n) is 42.6. The Labute approximate surface area is 411 Å². The van der Waals surface area contributed by atoms with Gasteiger partial charge in [0.15, 0.2) is 11.2 Å². The predicted molar refractivity (Wildman–Crippen MR) is 300 cm³/mol. The third-order valence-electron chi connectivity index (χ3n) is 15.4. The molecule has 0 N–H and O–H groups in total. The summed E-state index contributed by atoms with van der Waals surface area (Å²) in [6.07, 6.45) is 0. The van der Waals surface area contributed by atoms with E-state index in [4.69, 9.17) is 8.83 Å². The Kier molecular flexibility index (Phi) is 9.99. The van der Waals surface area contributed by atoms with Crippen LogP contribution >= 0.6 is 0 Å². The lowest BCUT2D eigenvalue weighted by Crippen LogP contribution is -2.15. The molecule has 346 valence electrons. The molecular formula is C66H60N2O2. The van der Waals surface area contributed by atoms with Crippen LogP contribution in [0.3, 0.4) is 0 Å². The largest absolute Gasteiger partial charge is 0.454 e. The molecule has 2 heterocycles. The Morgan fingerprint density at radius 1 is 0.314 bits per heavy atom. The van der Waals surface area contributed by atoms with Crippen molar-refractivity contribution in [3.8, 4) is 0 Å². The summed E-state index contributed by atoms with van der Waals surface area (Å²) in [6, 6.07) is 50.4. The molecule has 4 nitrogen and oxygen atoms in total. The summed E-state index contributed by atoms with van der Waals surface area (Å²) in [5, 5.41) is 12.1. The molecule has 0 saturated carbocycles. The fourth-order valence-corrected chi connectivity index (χ4v) is 11.7. The monoisotopic (exact) mass is 912 g/mol. The average Bonchev–Trinajstić information content (AvgIpc) is 3.92. The summed E-state index contributed by atoms with van der Waals surface area (Å²) in [5.41, 5.74) is 22.4. The molecule has 70 heavy (non-hydrogen) atoms. The van der Waals surface area contributed by atoms with Crippen LogP contribution in [-0.4, -0.2) is 0 Å². The van der Waals surface area contributed by atoms with Crippen molar-refractivity contribution in [1.82, 2.24) is 0 Å². The van der Waals surface area contributed by atoms with Crippen molar-refractivity contribution in [1.29, 1.82) is 0 Å². The molecule has 4 heteroatoms. The van der Waals surface area contributed by atoms with Gasteiger partial charge in [0.25, 0.3) is 0 Å². The smallest absolute Gasteiger partial charge is 0.159 e. The Morgan fingerprint density at radius 3 is 1.07 bits per heavy atom. The van der Waals surface area contributed by atoms with E-state index in [1.807, 2.05) is 0 Å². The van der Waals surface area contributed by atoms with E-state index in [1.54, 1.807) is 0 Å². The van der Waals surface area contributed by atoms with Gasteiger partial charge in [-0.05, 0) is 169 Å². The highest BCUT2D eigenvalue weighted by Crippen LogP contribution is 2.54. The quantitative estimate of drug-likeness (QED) is 0.142. The molecule has 0 aliphatic rings. The fraction of sp³-hybridized carbons (Fsp3) is 0.212. The summed E-state index contributed by atoms with van der Waals surface area (Å²) in [6.45, 7) is 27.0. The molecule has 0 amide bonds. The first kappa shape index (κ1) is 43.7. The number of fused-ring (bicyclic) bond motifs is 6. The van der Waals surface area contributed by atoms with Crippen LogP contribution in [0.25, 0.3) is 76.2 Å². The summed E-state index contributed by atoms with van der Waals surface area (Å²) in [7, 11) is 0. The SMILES string of the molecule is Cc1ccc(C)c(N(c2cc(C(C)C)c3ccc4c(N(c5cc(C)ccc5C)c5c(C)ccc6c5oc5c(C)cccc56)cc(C(C)C)c5ccc2c3c54)c2c(C)ccc3c2oc2c(C)cccc23)c1. The predicted octanol–water partition coefficient (Wildman–Crippen LogP) is 20.0. The Bertz CT molecular complexity index is 3860. The third kappa shape index (κ3) is 6.42. The topological polar surface area (TPSA) is 32.8 Å². The Hall–Kier alpha value is -7.56. The van der Waals surface area contributed by atoms with Gasteiger partial charge < -0.3 is 18.6 Å². The molecule has 0 spiro atoms. The van der Waals surface area contributed by atoms with Gasteiger partial charge in [-0.15, -0.1) is 0 Å². The number of benzene rings is 10. The van der Waals surface area contributed by atoms with Gasteiger partial charge in [0, 0.05) is 43.7 Å². The lowest BCUT2D eigenvalue weighted by atomic mass is 9.83. The molecule has 0 atom stereocenters. The van der Waals surface area contributed by atoms with E-state index in [2.05, 4.69) is 226 Å². The number of hydrogen-bond acceptors (Lipinski definition) is 4. The van der Waals surface area contributed by atoms with Crippen LogP contribution in [0.15, 0.2) is 142 Å². The Balaban J connectivity index is 1.25. The molecule has 2 aromatic heterocycles. The average molecular weight is 913 g/mol. The maximum atomic E-state index is 7.09. The molecule has 0 fully saturated rings. The number of hydrogen-bond donors (Lipinski definition) is 0. The van der Waals surface area contributed by atoms with E-state index >= 15 is 0 Å². The maximum absolute atomic E-state index is 7.09. The highest BCUT2D eigenvalue weighted by molar-refractivity contribution is 6.30. The van der Waals surface area contributed by atoms with Crippen molar-refractivity contribution in [2.45, 2.75) is 94.9 Å².